The molecule has 1 saturated heterocycles. The van der Waals surface area contributed by atoms with Crippen molar-refractivity contribution in [3.05, 3.63) is 20.8 Å². The predicted octanol–water partition coefficient (Wildman–Crippen LogP) is 3.06. The van der Waals surface area contributed by atoms with Gasteiger partial charge in [-0.05, 0) is 28.4 Å². The van der Waals surface area contributed by atoms with Gasteiger partial charge in [-0.25, -0.2) is 0 Å². The van der Waals surface area contributed by atoms with Gasteiger partial charge in [0, 0.05) is 27.3 Å². The summed E-state index contributed by atoms with van der Waals surface area (Å²) in [6.07, 6.45) is 1.15. The lowest BCUT2D eigenvalue weighted by molar-refractivity contribution is 0.0806. The Bertz CT molecular complexity index is 281. The van der Waals surface area contributed by atoms with Crippen molar-refractivity contribution in [1.82, 2.24) is 0 Å². The lowest BCUT2D eigenvalue weighted by atomic mass is 10.1. The van der Waals surface area contributed by atoms with Crippen molar-refractivity contribution < 1.29 is 9.47 Å². The van der Waals surface area contributed by atoms with Crippen molar-refractivity contribution in [3.63, 3.8) is 0 Å². The molecule has 0 N–H and O–H groups in total. The van der Waals surface area contributed by atoms with E-state index in [1.807, 2.05) is 0 Å². The second-order valence-corrected chi connectivity index (χ2v) is 5.39. The van der Waals surface area contributed by atoms with Crippen molar-refractivity contribution >= 4 is 27.3 Å². The minimum absolute atomic E-state index is 0.610. The van der Waals surface area contributed by atoms with Gasteiger partial charge in [-0.15, -0.1) is 11.3 Å². The lowest BCUT2D eigenvalue weighted by Gasteiger charge is -2.07. The molecule has 0 aliphatic carbocycles. The molecule has 0 spiro atoms. The van der Waals surface area contributed by atoms with Crippen molar-refractivity contribution in [2.45, 2.75) is 13.0 Å². The highest BCUT2D eigenvalue weighted by molar-refractivity contribution is 9.10. The second-order valence-electron chi connectivity index (χ2n) is 3.48. The molecule has 1 aromatic rings. The van der Waals surface area contributed by atoms with Crippen molar-refractivity contribution in [2.75, 3.05) is 19.8 Å². The van der Waals surface area contributed by atoms with Crippen LogP contribution in [0.4, 0.5) is 0 Å². The molecule has 2 rings (SSSR count). The second kappa shape index (κ2) is 5.26. The third-order valence-electron chi connectivity index (χ3n) is 2.24. The third-order valence-corrected chi connectivity index (χ3v) is 3.91. The van der Waals surface area contributed by atoms with Gasteiger partial charge in [0.1, 0.15) is 0 Å². The molecule has 4 heteroatoms. The average molecular weight is 277 g/mol. The molecule has 1 aliphatic heterocycles. The first kappa shape index (κ1) is 10.6. The normalized spacial score (nSPS) is 21.6. The lowest BCUT2D eigenvalue weighted by Crippen LogP contribution is -2.08. The summed E-state index contributed by atoms with van der Waals surface area (Å²) in [4.78, 5) is 1.27. The maximum absolute atomic E-state index is 5.63. The van der Waals surface area contributed by atoms with Gasteiger partial charge in [-0.1, -0.05) is 0 Å². The van der Waals surface area contributed by atoms with Crippen LogP contribution in [-0.4, -0.2) is 19.8 Å². The molecular weight excluding hydrogens is 264 g/mol. The number of thiophene rings is 1. The van der Waals surface area contributed by atoms with E-state index in [9.17, 15) is 0 Å². The summed E-state index contributed by atoms with van der Waals surface area (Å²) in [6, 6.07) is 2.11. The van der Waals surface area contributed by atoms with Crippen molar-refractivity contribution in [3.8, 4) is 0 Å². The van der Waals surface area contributed by atoms with Gasteiger partial charge >= 0.3 is 0 Å². The van der Waals surface area contributed by atoms with Gasteiger partial charge in [0.15, 0.2) is 0 Å². The molecular formula is C10H13BrO2S. The largest absolute Gasteiger partial charge is 0.381 e. The van der Waals surface area contributed by atoms with E-state index in [1.54, 1.807) is 11.3 Å². The van der Waals surface area contributed by atoms with E-state index in [-0.39, 0.29) is 0 Å². The molecule has 1 aliphatic rings. The Morgan fingerprint density at radius 2 is 2.57 bits per heavy atom. The fourth-order valence-corrected chi connectivity index (χ4v) is 2.86. The average Bonchev–Trinajstić information content (AvgIpc) is 2.77. The Morgan fingerprint density at radius 3 is 3.21 bits per heavy atom. The fourth-order valence-electron chi connectivity index (χ4n) is 1.47. The van der Waals surface area contributed by atoms with Crippen LogP contribution in [0.3, 0.4) is 0 Å². The molecule has 2 nitrogen and oxygen atoms in total. The monoisotopic (exact) mass is 276 g/mol. The quantitative estimate of drug-likeness (QED) is 0.842. The molecule has 1 atom stereocenters. The Morgan fingerprint density at radius 1 is 1.64 bits per heavy atom. The van der Waals surface area contributed by atoms with Crippen LogP contribution < -0.4 is 0 Å². The molecule has 1 fully saturated rings. The molecule has 78 valence electrons. The van der Waals surface area contributed by atoms with Crippen LogP contribution in [0.1, 0.15) is 11.3 Å². The topological polar surface area (TPSA) is 18.5 Å². The molecule has 0 bridgehead atoms. The van der Waals surface area contributed by atoms with Crippen LogP contribution in [-0.2, 0) is 16.1 Å². The first-order chi connectivity index (χ1) is 6.84. The van der Waals surface area contributed by atoms with E-state index in [1.165, 1.54) is 4.88 Å². The molecule has 1 aromatic heterocycles. The van der Waals surface area contributed by atoms with Crippen LogP contribution in [0.15, 0.2) is 15.9 Å². The predicted molar refractivity (Wildman–Crippen MR) is 60.6 cm³/mol. The summed E-state index contributed by atoms with van der Waals surface area (Å²) in [6.45, 7) is 3.33. The zero-order valence-electron chi connectivity index (χ0n) is 7.87. The summed E-state index contributed by atoms with van der Waals surface area (Å²) in [5.74, 6) is 0.610. The van der Waals surface area contributed by atoms with E-state index >= 15 is 0 Å². The highest BCUT2D eigenvalue weighted by Gasteiger charge is 2.15. The summed E-state index contributed by atoms with van der Waals surface area (Å²) in [7, 11) is 0. The summed E-state index contributed by atoms with van der Waals surface area (Å²) < 4.78 is 12.0. The van der Waals surface area contributed by atoms with Gasteiger partial charge in [0.2, 0.25) is 0 Å². The van der Waals surface area contributed by atoms with Gasteiger partial charge < -0.3 is 9.47 Å². The Balaban J connectivity index is 1.67. The molecule has 0 saturated carbocycles. The SMILES string of the molecule is Brc1csc(COCC2CCOC2)c1. The first-order valence-electron chi connectivity index (χ1n) is 4.73. The van der Waals surface area contributed by atoms with Crippen molar-refractivity contribution in [1.29, 1.82) is 0 Å². The number of ether oxygens (including phenoxy) is 2. The summed E-state index contributed by atoms with van der Waals surface area (Å²) in [5, 5.41) is 2.08. The van der Waals surface area contributed by atoms with Gasteiger partial charge in [0.05, 0.1) is 19.8 Å². The van der Waals surface area contributed by atoms with Gasteiger partial charge in [-0.2, -0.15) is 0 Å². The number of hydrogen-bond donors (Lipinski definition) is 0. The zero-order valence-corrected chi connectivity index (χ0v) is 10.3. The molecule has 14 heavy (non-hydrogen) atoms. The van der Waals surface area contributed by atoms with E-state index in [2.05, 4.69) is 27.4 Å². The molecule has 2 heterocycles. The minimum Gasteiger partial charge on any atom is -0.381 e. The molecule has 0 amide bonds. The first-order valence-corrected chi connectivity index (χ1v) is 6.40. The fraction of sp³-hybridized carbons (Fsp3) is 0.600. The van der Waals surface area contributed by atoms with E-state index < -0.39 is 0 Å². The minimum atomic E-state index is 0.610. The summed E-state index contributed by atoms with van der Waals surface area (Å²) in [5.41, 5.74) is 0. The van der Waals surface area contributed by atoms with Crippen molar-refractivity contribution in [2.24, 2.45) is 5.92 Å². The maximum Gasteiger partial charge on any atom is 0.0809 e. The number of halogens is 1. The highest BCUT2D eigenvalue weighted by atomic mass is 79.9. The third kappa shape index (κ3) is 3.05. The number of hydrogen-bond acceptors (Lipinski definition) is 3. The maximum atomic E-state index is 5.63. The van der Waals surface area contributed by atoms with Crippen LogP contribution in [0.2, 0.25) is 0 Å². The molecule has 0 aromatic carbocycles. The summed E-state index contributed by atoms with van der Waals surface area (Å²) >= 11 is 5.15. The smallest absolute Gasteiger partial charge is 0.0809 e. The Hall–Kier alpha value is 0.1000. The Kier molecular flexibility index (Phi) is 3.99. The Labute approximate surface area is 96.4 Å². The highest BCUT2D eigenvalue weighted by Crippen LogP contribution is 2.21. The van der Waals surface area contributed by atoms with E-state index in [4.69, 9.17) is 9.47 Å². The molecule has 1 unspecified atom stereocenters. The standard InChI is InChI=1S/C10H13BrO2S/c11-9-3-10(14-7-9)6-13-5-8-1-2-12-4-8/h3,7-8H,1-2,4-6H2. The number of rotatable bonds is 4. The van der Waals surface area contributed by atoms with Gasteiger partial charge in [-0.3, -0.25) is 0 Å². The van der Waals surface area contributed by atoms with Gasteiger partial charge in [0.25, 0.3) is 0 Å². The van der Waals surface area contributed by atoms with Crippen LogP contribution in [0.5, 0.6) is 0 Å². The van der Waals surface area contributed by atoms with Crippen LogP contribution in [0, 0.1) is 5.92 Å². The van der Waals surface area contributed by atoms with Crippen LogP contribution >= 0.6 is 27.3 Å². The molecule has 0 radical (unpaired) electrons. The zero-order chi connectivity index (χ0) is 9.80. The van der Waals surface area contributed by atoms with E-state index in [0.717, 1.165) is 37.3 Å². The van der Waals surface area contributed by atoms with E-state index in [0.29, 0.717) is 5.92 Å². The van der Waals surface area contributed by atoms with Crippen LogP contribution in [0.25, 0.3) is 0 Å².